The third-order valence-electron chi connectivity index (χ3n) is 6.11. The molecule has 1 aromatic heterocycles. The number of carbonyl (C=O) groups is 2. The number of esters is 2. The first kappa shape index (κ1) is 26.8. The lowest BCUT2D eigenvalue weighted by Gasteiger charge is -2.24. The Morgan fingerprint density at radius 1 is 0.975 bits per heavy atom. The lowest BCUT2D eigenvalue weighted by Crippen LogP contribution is -2.39. The number of rotatable bonds is 7. The van der Waals surface area contributed by atoms with Crippen LogP contribution in [0.4, 0.5) is 0 Å². The number of para-hydroxylation sites is 1. The van der Waals surface area contributed by atoms with E-state index < -0.39 is 18.0 Å². The number of hydrogen-bond donors (Lipinski definition) is 0. The van der Waals surface area contributed by atoms with Gasteiger partial charge in [-0.2, -0.15) is 0 Å². The number of allylic oxidation sites excluding steroid dienone is 1. The van der Waals surface area contributed by atoms with Gasteiger partial charge >= 0.3 is 11.9 Å². The number of benzene rings is 3. The monoisotopic (exact) mass is 554 g/mol. The van der Waals surface area contributed by atoms with Crippen LogP contribution in [0.3, 0.4) is 0 Å². The van der Waals surface area contributed by atoms with Crippen LogP contribution in [0.25, 0.3) is 6.08 Å². The van der Waals surface area contributed by atoms with Gasteiger partial charge in [-0.25, -0.2) is 9.79 Å². The van der Waals surface area contributed by atoms with Gasteiger partial charge in [-0.1, -0.05) is 53.8 Å². The Labute approximate surface area is 234 Å². The van der Waals surface area contributed by atoms with E-state index in [1.807, 2.05) is 54.6 Å². The van der Waals surface area contributed by atoms with Gasteiger partial charge in [-0.3, -0.25) is 14.2 Å². The number of aromatic nitrogens is 1. The molecule has 4 aromatic rings. The third-order valence-corrected chi connectivity index (χ3v) is 7.09. The molecule has 202 valence electrons. The molecule has 1 aliphatic rings. The van der Waals surface area contributed by atoms with Gasteiger partial charge in [-0.15, -0.1) is 0 Å². The van der Waals surface area contributed by atoms with Gasteiger partial charge in [0.05, 0.1) is 28.5 Å². The Morgan fingerprint density at radius 2 is 1.70 bits per heavy atom. The summed E-state index contributed by atoms with van der Waals surface area (Å²) in [6.07, 6.45) is 1.78. The van der Waals surface area contributed by atoms with E-state index in [1.54, 1.807) is 44.2 Å². The van der Waals surface area contributed by atoms with Gasteiger partial charge in [0.15, 0.2) is 4.80 Å². The van der Waals surface area contributed by atoms with E-state index in [1.165, 1.54) is 22.8 Å². The second-order valence-corrected chi connectivity index (χ2v) is 9.96. The summed E-state index contributed by atoms with van der Waals surface area (Å²) in [5.41, 5.74) is 1.89. The van der Waals surface area contributed by atoms with Crippen LogP contribution in [-0.2, 0) is 14.3 Å². The molecule has 2 heterocycles. The molecule has 0 aliphatic carbocycles. The fourth-order valence-corrected chi connectivity index (χ4v) is 5.48. The zero-order valence-corrected chi connectivity index (χ0v) is 22.9. The fraction of sp³-hybridized carbons (Fsp3) is 0.161. The van der Waals surface area contributed by atoms with Crippen molar-refractivity contribution in [3.05, 3.63) is 121 Å². The summed E-state index contributed by atoms with van der Waals surface area (Å²) < 4.78 is 18.4. The molecule has 9 heteroatoms. The highest BCUT2D eigenvalue weighted by molar-refractivity contribution is 7.07. The van der Waals surface area contributed by atoms with Crippen LogP contribution in [0, 0.1) is 0 Å². The number of thiazole rings is 1. The van der Waals surface area contributed by atoms with E-state index in [2.05, 4.69) is 4.99 Å². The standard InChI is InChI=1S/C31H26N2O6S/c1-4-37-30(36)27-19(2)32-31-33(28(27)22-13-15-24(16-14-22)38-20(3)34)29(35)26(40-31)18-21-9-8-12-25(17-21)39-23-10-6-5-7-11-23/h5-18,28H,4H2,1-3H3/b26-18-/t28-/m0/s1. The molecule has 5 rings (SSSR count). The highest BCUT2D eigenvalue weighted by atomic mass is 32.1. The van der Waals surface area contributed by atoms with Crippen molar-refractivity contribution in [1.82, 2.24) is 4.57 Å². The largest absolute Gasteiger partial charge is 0.463 e. The lowest BCUT2D eigenvalue weighted by atomic mass is 9.96. The van der Waals surface area contributed by atoms with Crippen molar-refractivity contribution >= 4 is 29.4 Å². The summed E-state index contributed by atoms with van der Waals surface area (Å²) in [6, 6.07) is 22.8. The first-order chi connectivity index (χ1) is 19.3. The Hall–Kier alpha value is -4.76. The van der Waals surface area contributed by atoms with Crippen LogP contribution in [0.15, 0.2) is 99.9 Å². The number of carbonyl (C=O) groups excluding carboxylic acids is 2. The van der Waals surface area contributed by atoms with E-state index in [9.17, 15) is 14.4 Å². The lowest BCUT2D eigenvalue weighted by molar-refractivity contribution is -0.139. The summed E-state index contributed by atoms with van der Waals surface area (Å²) in [4.78, 5) is 43.3. The van der Waals surface area contributed by atoms with Crippen molar-refractivity contribution in [3.8, 4) is 17.2 Å². The third kappa shape index (κ3) is 5.64. The van der Waals surface area contributed by atoms with E-state index in [4.69, 9.17) is 14.2 Å². The summed E-state index contributed by atoms with van der Waals surface area (Å²) in [5.74, 6) is 0.721. The number of fused-ring (bicyclic) bond motifs is 1. The van der Waals surface area contributed by atoms with Crippen molar-refractivity contribution in [3.63, 3.8) is 0 Å². The number of ether oxygens (including phenoxy) is 3. The van der Waals surface area contributed by atoms with E-state index >= 15 is 0 Å². The highest BCUT2D eigenvalue weighted by Crippen LogP contribution is 2.31. The van der Waals surface area contributed by atoms with Crippen LogP contribution >= 0.6 is 11.3 Å². The van der Waals surface area contributed by atoms with E-state index in [0.29, 0.717) is 37.8 Å². The number of nitrogens with zero attached hydrogens (tertiary/aromatic N) is 2. The zero-order chi connectivity index (χ0) is 28.2. The Morgan fingerprint density at radius 3 is 2.40 bits per heavy atom. The maximum absolute atomic E-state index is 13.8. The first-order valence-electron chi connectivity index (χ1n) is 12.6. The minimum Gasteiger partial charge on any atom is -0.463 e. The molecule has 0 spiro atoms. The average Bonchev–Trinajstić information content (AvgIpc) is 3.23. The molecule has 0 saturated heterocycles. The molecular weight excluding hydrogens is 528 g/mol. The highest BCUT2D eigenvalue weighted by Gasteiger charge is 2.33. The van der Waals surface area contributed by atoms with Crippen LogP contribution in [0.5, 0.6) is 17.2 Å². The smallest absolute Gasteiger partial charge is 0.338 e. The van der Waals surface area contributed by atoms with Crippen LogP contribution in [-0.4, -0.2) is 23.1 Å². The van der Waals surface area contributed by atoms with Gasteiger partial charge in [0.25, 0.3) is 5.56 Å². The number of hydrogen-bond acceptors (Lipinski definition) is 8. The molecule has 40 heavy (non-hydrogen) atoms. The molecule has 3 aromatic carbocycles. The second kappa shape index (κ2) is 11.5. The average molecular weight is 555 g/mol. The normalized spacial score (nSPS) is 14.8. The first-order valence-corrected chi connectivity index (χ1v) is 13.5. The molecule has 0 N–H and O–H groups in total. The van der Waals surface area contributed by atoms with Crippen molar-refractivity contribution in [2.75, 3.05) is 6.61 Å². The minimum absolute atomic E-state index is 0.180. The van der Waals surface area contributed by atoms with Gasteiger partial charge in [0.1, 0.15) is 17.2 Å². The summed E-state index contributed by atoms with van der Waals surface area (Å²) in [6.45, 7) is 4.95. The molecule has 1 atom stereocenters. The molecule has 0 bridgehead atoms. The van der Waals surface area contributed by atoms with Crippen LogP contribution < -0.4 is 24.4 Å². The minimum atomic E-state index is -0.767. The SMILES string of the molecule is CCOC(=O)C1=C(C)N=c2s/c(=C\c3cccc(Oc4ccccc4)c3)c(=O)n2[C@H]1c1ccc(OC(C)=O)cc1. The Bertz CT molecular complexity index is 1790. The predicted molar refractivity (Wildman–Crippen MR) is 151 cm³/mol. The van der Waals surface area contributed by atoms with Crippen LogP contribution in [0.1, 0.15) is 37.9 Å². The fourth-order valence-electron chi connectivity index (χ4n) is 4.43. The van der Waals surface area contributed by atoms with E-state index in [0.717, 1.165) is 5.56 Å². The molecule has 0 saturated carbocycles. The molecule has 1 aliphatic heterocycles. The van der Waals surface area contributed by atoms with Gasteiger partial charge in [0.2, 0.25) is 0 Å². The Kier molecular flexibility index (Phi) is 7.75. The zero-order valence-electron chi connectivity index (χ0n) is 22.1. The summed E-state index contributed by atoms with van der Waals surface area (Å²) in [5, 5.41) is 0. The summed E-state index contributed by atoms with van der Waals surface area (Å²) in [7, 11) is 0. The molecular formula is C31H26N2O6S. The maximum Gasteiger partial charge on any atom is 0.338 e. The predicted octanol–water partition coefficient (Wildman–Crippen LogP) is 4.52. The van der Waals surface area contributed by atoms with E-state index in [-0.39, 0.29) is 17.7 Å². The van der Waals surface area contributed by atoms with Gasteiger partial charge in [0, 0.05) is 6.92 Å². The van der Waals surface area contributed by atoms with Crippen molar-refractivity contribution in [2.24, 2.45) is 4.99 Å². The molecule has 0 amide bonds. The van der Waals surface area contributed by atoms with Gasteiger partial charge < -0.3 is 14.2 Å². The Balaban J connectivity index is 1.59. The van der Waals surface area contributed by atoms with Crippen molar-refractivity contribution < 1.29 is 23.8 Å². The van der Waals surface area contributed by atoms with Crippen LogP contribution in [0.2, 0.25) is 0 Å². The quantitative estimate of drug-likeness (QED) is 0.246. The molecule has 0 unspecified atom stereocenters. The topological polar surface area (TPSA) is 96.2 Å². The van der Waals surface area contributed by atoms with Gasteiger partial charge in [-0.05, 0) is 67.4 Å². The molecule has 8 nitrogen and oxygen atoms in total. The van der Waals surface area contributed by atoms with Crippen molar-refractivity contribution in [1.29, 1.82) is 0 Å². The molecule has 0 radical (unpaired) electrons. The maximum atomic E-state index is 13.8. The second-order valence-electron chi connectivity index (χ2n) is 8.95. The van der Waals surface area contributed by atoms with Crippen molar-refractivity contribution in [2.45, 2.75) is 26.8 Å². The molecule has 0 fully saturated rings. The summed E-state index contributed by atoms with van der Waals surface area (Å²) >= 11 is 1.24.